The van der Waals surface area contributed by atoms with Crippen LogP contribution in [-0.4, -0.2) is 57.7 Å². The number of ether oxygens (including phenoxy) is 1. The highest BCUT2D eigenvalue weighted by molar-refractivity contribution is 14.0. The Kier molecular flexibility index (Phi) is 5.59. The van der Waals surface area contributed by atoms with Gasteiger partial charge in [0, 0.05) is 0 Å². The molecule has 1 aliphatic heterocycles. The van der Waals surface area contributed by atoms with E-state index in [-0.39, 0.29) is 24.0 Å². The summed E-state index contributed by atoms with van der Waals surface area (Å²) in [7, 11) is 0. The van der Waals surface area contributed by atoms with Gasteiger partial charge in [-0.3, -0.25) is 0 Å². The van der Waals surface area contributed by atoms with Gasteiger partial charge >= 0.3 is 0 Å². The Balaban J connectivity index is 0.00000144. The molecule has 1 fully saturated rings. The van der Waals surface area contributed by atoms with Crippen LogP contribution in [0.4, 0.5) is 0 Å². The van der Waals surface area contributed by atoms with Gasteiger partial charge in [0.1, 0.15) is 18.3 Å². The first-order chi connectivity index (χ1) is 5.57. The summed E-state index contributed by atoms with van der Waals surface area (Å²) < 4.78 is 4.70. The molecule has 0 spiro atoms. The maximum atomic E-state index is 9.20. The summed E-state index contributed by atoms with van der Waals surface area (Å²) in [4.78, 5) is 0. The fraction of sp³-hybridized carbons (Fsp3) is 1.00. The van der Waals surface area contributed by atoms with Gasteiger partial charge in [-0.2, -0.15) is 0 Å². The summed E-state index contributed by atoms with van der Waals surface area (Å²) in [6.45, 7) is -0.470. The fourth-order valence-corrected chi connectivity index (χ4v) is 1.12. The largest absolute Gasteiger partial charge is 0.394 e. The third kappa shape index (κ3) is 2.72. The van der Waals surface area contributed by atoms with E-state index < -0.39 is 37.3 Å². The second-order valence-corrected chi connectivity index (χ2v) is 2.81. The Labute approximate surface area is 92.3 Å². The summed E-state index contributed by atoms with van der Waals surface area (Å²) in [5.74, 6) is 0. The van der Waals surface area contributed by atoms with E-state index in [0.717, 1.165) is 0 Å². The van der Waals surface area contributed by atoms with Gasteiger partial charge in [0.15, 0.2) is 6.29 Å². The van der Waals surface area contributed by atoms with Crippen molar-refractivity contribution in [2.75, 3.05) is 6.61 Å². The number of halogens is 1. The van der Waals surface area contributed by atoms with Gasteiger partial charge in [-0.25, -0.2) is 0 Å². The molecule has 0 aromatic rings. The van der Waals surface area contributed by atoms with Crippen LogP contribution in [0.25, 0.3) is 0 Å². The molecule has 0 amide bonds. The number of hydrogen-bond acceptors (Lipinski definition) is 6. The molecule has 1 unspecified atom stereocenters. The van der Waals surface area contributed by atoms with Crippen LogP contribution in [0.3, 0.4) is 0 Å². The van der Waals surface area contributed by atoms with Gasteiger partial charge in [-0.15, -0.1) is 24.0 Å². The molecule has 6 N–H and O–H groups in total. The highest BCUT2D eigenvalue weighted by Gasteiger charge is 2.41. The van der Waals surface area contributed by atoms with Crippen LogP contribution in [0.15, 0.2) is 0 Å². The Morgan fingerprint density at radius 2 is 1.69 bits per heavy atom. The Hall–Kier alpha value is 0.490. The predicted molar refractivity (Wildman–Crippen MR) is 53.4 cm³/mol. The molecule has 0 aliphatic carbocycles. The zero-order valence-corrected chi connectivity index (χ0v) is 9.11. The van der Waals surface area contributed by atoms with Gasteiger partial charge < -0.3 is 30.9 Å². The monoisotopic (exact) mass is 307 g/mol. The first-order valence-electron chi connectivity index (χ1n) is 3.64. The maximum Gasteiger partial charge on any atom is 0.173 e. The van der Waals surface area contributed by atoms with E-state index in [1.165, 1.54) is 0 Å². The summed E-state index contributed by atoms with van der Waals surface area (Å²) in [5, 5.41) is 36.1. The van der Waals surface area contributed by atoms with Crippen LogP contribution in [0.1, 0.15) is 0 Å². The van der Waals surface area contributed by atoms with E-state index in [0.29, 0.717) is 0 Å². The lowest BCUT2D eigenvalue weighted by molar-refractivity contribution is -0.248. The molecular weight excluding hydrogens is 293 g/mol. The van der Waals surface area contributed by atoms with Crippen LogP contribution in [0.5, 0.6) is 0 Å². The minimum absolute atomic E-state index is 0. The Morgan fingerprint density at radius 1 is 1.15 bits per heavy atom. The molecule has 1 rings (SSSR count). The van der Waals surface area contributed by atoms with E-state index >= 15 is 0 Å². The molecule has 0 radical (unpaired) electrons. The lowest BCUT2D eigenvalue weighted by Crippen LogP contribution is -2.61. The number of aliphatic hydroxyl groups is 4. The lowest BCUT2D eigenvalue weighted by atomic mass is 9.98. The highest BCUT2D eigenvalue weighted by atomic mass is 127. The standard InChI is InChI=1S/C6H13NO5.HI/c7-3-5(10)4(9)2(1-8)12-6(3)11;/h2-6,8-11H,1,7H2;1H/t2-,3-,4-,5-,6?;/m0./s1. The molecule has 80 valence electrons. The SMILES string of the molecule is I.N[C@@H]1C(O)O[C@@H](CO)[C@H](O)[C@H]1O. The molecule has 1 saturated heterocycles. The van der Waals surface area contributed by atoms with Crippen molar-refractivity contribution in [1.29, 1.82) is 0 Å². The van der Waals surface area contributed by atoms with Crippen molar-refractivity contribution >= 4 is 24.0 Å². The smallest absolute Gasteiger partial charge is 0.173 e. The highest BCUT2D eigenvalue weighted by Crippen LogP contribution is 2.17. The zero-order valence-electron chi connectivity index (χ0n) is 6.78. The van der Waals surface area contributed by atoms with Gasteiger partial charge in [0.25, 0.3) is 0 Å². The molecule has 7 heteroatoms. The number of nitrogens with two attached hydrogens (primary N) is 1. The van der Waals surface area contributed by atoms with Gasteiger partial charge in [0.2, 0.25) is 0 Å². The third-order valence-electron chi connectivity index (χ3n) is 1.95. The Bertz CT molecular complexity index is 155. The minimum Gasteiger partial charge on any atom is -0.394 e. The summed E-state index contributed by atoms with van der Waals surface area (Å²) in [5.41, 5.74) is 5.26. The van der Waals surface area contributed by atoms with Crippen LogP contribution in [0, 0.1) is 0 Å². The molecule has 5 atom stereocenters. The van der Waals surface area contributed by atoms with Gasteiger partial charge in [0.05, 0.1) is 12.6 Å². The lowest BCUT2D eigenvalue weighted by Gasteiger charge is -2.38. The molecule has 1 aliphatic rings. The zero-order chi connectivity index (χ0) is 9.30. The Morgan fingerprint density at radius 3 is 2.15 bits per heavy atom. The second-order valence-electron chi connectivity index (χ2n) is 2.81. The first kappa shape index (κ1) is 13.5. The molecule has 6 nitrogen and oxygen atoms in total. The second kappa shape index (κ2) is 5.39. The van der Waals surface area contributed by atoms with E-state index in [1.54, 1.807) is 0 Å². The van der Waals surface area contributed by atoms with Crippen LogP contribution < -0.4 is 5.73 Å². The summed E-state index contributed by atoms with van der Waals surface area (Å²) in [6, 6.07) is -1.04. The van der Waals surface area contributed by atoms with Crippen LogP contribution >= 0.6 is 24.0 Å². The van der Waals surface area contributed by atoms with Crippen molar-refractivity contribution < 1.29 is 25.2 Å². The fourth-order valence-electron chi connectivity index (χ4n) is 1.12. The number of rotatable bonds is 1. The van der Waals surface area contributed by atoms with Crippen molar-refractivity contribution in [3.63, 3.8) is 0 Å². The van der Waals surface area contributed by atoms with Crippen LogP contribution in [-0.2, 0) is 4.74 Å². The van der Waals surface area contributed by atoms with Crippen LogP contribution in [0.2, 0.25) is 0 Å². The van der Waals surface area contributed by atoms with Crippen molar-refractivity contribution in [2.45, 2.75) is 30.6 Å². The van der Waals surface area contributed by atoms with E-state index in [1.807, 2.05) is 0 Å². The van der Waals surface area contributed by atoms with Gasteiger partial charge in [-0.05, 0) is 0 Å². The first-order valence-corrected chi connectivity index (χ1v) is 3.64. The van der Waals surface area contributed by atoms with Crippen molar-refractivity contribution in [2.24, 2.45) is 5.73 Å². The minimum atomic E-state index is -1.35. The van der Waals surface area contributed by atoms with E-state index in [2.05, 4.69) is 0 Å². The normalized spacial score (nSPS) is 45.5. The molecule has 0 aromatic carbocycles. The molecule has 1 heterocycles. The molecule has 0 saturated carbocycles. The van der Waals surface area contributed by atoms with E-state index in [9.17, 15) is 10.2 Å². The molecule has 0 aromatic heterocycles. The van der Waals surface area contributed by atoms with Crippen molar-refractivity contribution in [1.82, 2.24) is 0 Å². The molecule has 13 heavy (non-hydrogen) atoms. The van der Waals surface area contributed by atoms with E-state index in [4.69, 9.17) is 20.7 Å². The average Bonchev–Trinajstić information content (AvgIpc) is 2.08. The van der Waals surface area contributed by atoms with Gasteiger partial charge in [-0.1, -0.05) is 0 Å². The third-order valence-corrected chi connectivity index (χ3v) is 1.95. The molecule has 0 bridgehead atoms. The maximum absolute atomic E-state index is 9.20. The summed E-state index contributed by atoms with van der Waals surface area (Å²) >= 11 is 0. The average molecular weight is 307 g/mol. The number of aliphatic hydroxyl groups excluding tert-OH is 4. The molecular formula is C6H14INO5. The summed E-state index contributed by atoms with van der Waals surface area (Å²) in [6.07, 6.45) is -4.85. The van der Waals surface area contributed by atoms with Crippen molar-refractivity contribution in [3.8, 4) is 0 Å². The number of hydrogen-bond donors (Lipinski definition) is 5. The predicted octanol–water partition coefficient (Wildman–Crippen LogP) is -2.64. The topological polar surface area (TPSA) is 116 Å². The quantitative estimate of drug-likeness (QED) is 0.338. The van der Waals surface area contributed by atoms with Crippen molar-refractivity contribution in [3.05, 3.63) is 0 Å².